The molecule has 1 fully saturated rings. The van der Waals surface area contributed by atoms with Gasteiger partial charge in [-0.15, -0.1) is 0 Å². The van der Waals surface area contributed by atoms with Crippen LogP contribution in [0.25, 0.3) is 0 Å². The van der Waals surface area contributed by atoms with E-state index in [4.69, 9.17) is 0 Å². The van der Waals surface area contributed by atoms with Gasteiger partial charge in [0.15, 0.2) is 0 Å². The summed E-state index contributed by atoms with van der Waals surface area (Å²) in [5.74, 6) is 0. The van der Waals surface area contributed by atoms with E-state index < -0.39 is 0 Å². The molecule has 3 rings (SSSR count). The first-order valence-corrected chi connectivity index (χ1v) is 14.9. The predicted molar refractivity (Wildman–Crippen MR) is 93.6 cm³/mol. The molecule has 1 saturated heterocycles. The topological polar surface area (TPSA) is 0 Å². The average Bonchev–Trinajstić information content (AvgIpc) is 2.39. The van der Waals surface area contributed by atoms with Crippen LogP contribution in [-0.2, 0) is 0 Å². The summed E-state index contributed by atoms with van der Waals surface area (Å²) in [6.45, 7) is 0. The van der Waals surface area contributed by atoms with E-state index in [0.29, 0.717) is 0 Å². The van der Waals surface area contributed by atoms with Crippen LogP contribution in [0.15, 0.2) is 70.5 Å². The van der Waals surface area contributed by atoms with Crippen LogP contribution < -0.4 is 0 Å². The van der Waals surface area contributed by atoms with E-state index in [1.807, 2.05) is 22.8 Å². The summed E-state index contributed by atoms with van der Waals surface area (Å²) in [6.07, 6.45) is 0. The summed E-state index contributed by atoms with van der Waals surface area (Å²) < 4.78 is 0. The van der Waals surface area contributed by atoms with E-state index in [0.717, 1.165) is 0 Å². The van der Waals surface area contributed by atoms with Gasteiger partial charge in [-0.05, 0) is 24.3 Å². The molecule has 1 aliphatic heterocycles. The molecular formula is C12H10P2S4. The van der Waals surface area contributed by atoms with Crippen LogP contribution in [0.4, 0.5) is 0 Å². The fraction of sp³-hybridized carbons (Fsp3) is 0. The van der Waals surface area contributed by atoms with Crippen LogP contribution in [0.1, 0.15) is 0 Å². The Morgan fingerprint density at radius 1 is 0.611 bits per heavy atom. The van der Waals surface area contributed by atoms with Crippen molar-refractivity contribution in [3.63, 3.8) is 0 Å². The Balaban J connectivity index is 1.46. The summed E-state index contributed by atoms with van der Waals surface area (Å²) in [5, 5.41) is 0. The van der Waals surface area contributed by atoms with Crippen molar-refractivity contribution in [3.8, 4) is 0 Å². The number of rotatable bonds is 4. The lowest BCUT2D eigenvalue weighted by Gasteiger charge is -2.31. The highest BCUT2D eigenvalue weighted by Gasteiger charge is 2.33. The van der Waals surface area contributed by atoms with Crippen LogP contribution in [0.3, 0.4) is 0 Å². The first kappa shape index (κ1) is 13.7. The van der Waals surface area contributed by atoms with Crippen molar-refractivity contribution < 1.29 is 0 Å². The highest BCUT2D eigenvalue weighted by atomic mass is 33.8. The van der Waals surface area contributed by atoms with Crippen molar-refractivity contribution in [1.29, 1.82) is 0 Å². The predicted octanol–water partition coefficient (Wildman–Crippen LogP) is 7.50. The van der Waals surface area contributed by atoms with Gasteiger partial charge in [0.2, 0.25) is 0 Å². The first-order valence-electron chi connectivity index (χ1n) is 5.33. The summed E-state index contributed by atoms with van der Waals surface area (Å²) in [6, 6.07) is 21.5. The molecule has 0 unspecified atom stereocenters. The molecular weight excluding hydrogens is 334 g/mol. The molecule has 0 saturated carbocycles. The molecule has 0 aromatic heterocycles. The van der Waals surface area contributed by atoms with Gasteiger partial charge < -0.3 is 0 Å². The van der Waals surface area contributed by atoms with E-state index >= 15 is 0 Å². The summed E-state index contributed by atoms with van der Waals surface area (Å²) >= 11 is 8.44. The van der Waals surface area contributed by atoms with Crippen molar-refractivity contribution in [2.75, 3.05) is 0 Å². The first-order chi connectivity index (χ1) is 8.90. The van der Waals surface area contributed by atoms with Gasteiger partial charge in [0.1, 0.15) is 0 Å². The Kier molecular flexibility index (Phi) is 5.26. The molecule has 0 spiro atoms. The van der Waals surface area contributed by atoms with Gasteiger partial charge in [-0.2, -0.15) is 0 Å². The van der Waals surface area contributed by atoms with Crippen molar-refractivity contribution in [2.24, 2.45) is 0 Å². The average molecular weight is 344 g/mol. The smallest absolute Gasteiger partial charge is 0.0754 e. The Hall–Kier alpha value is 0.700. The highest BCUT2D eigenvalue weighted by molar-refractivity contribution is 9.54. The molecule has 0 nitrogen and oxygen atoms in total. The van der Waals surface area contributed by atoms with Crippen molar-refractivity contribution in [1.82, 2.24) is 0 Å². The molecule has 18 heavy (non-hydrogen) atoms. The molecule has 0 amide bonds. The van der Waals surface area contributed by atoms with Gasteiger partial charge in [-0.3, -0.25) is 0 Å². The lowest BCUT2D eigenvalue weighted by atomic mass is 10.4. The second kappa shape index (κ2) is 6.92. The lowest BCUT2D eigenvalue weighted by Crippen LogP contribution is -1.70. The maximum Gasteiger partial charge on any atom is 0.0897 e. The molecule has 92 valence electrons. The molecule has 1 heterocycles. The van der Waals surface area contributed by atoms with E-state index in [2.05, 4.69) is 82.7 Å². The van der Waals surface area contributed by atoms with Crippen molar-refractivity contribution >= 4 is 55.8 Å². The third-order valence-corrected chi connectivity index (χ3v) is 29.6. The standard InChI is InChI=1S/C12H10P2S4/c1-3-7-11(8-4-1)15-13-17-14(18-13)16-12-9-5-2-6-10-12/h1-10H. The van der Waals surface area contributed by atoms with Crippen LogP contribution >= 0.6 is 55.8 Å². The molecule has 0 radical (unpaired) electrons. The largest absolute Gasteiger partial charge is 0.0897 e. The zero-order valence-corrected chi connectivity index (χ0v) is 14.4. The van der Waals surface area contributed by atoms with Gasteiger partial charge in [-0.1, -0.05) is 81.2 Å². The molecule has 2 aromatic rings. The maximum atomic E-state index is 2.21. The second-order valence-corrected chi connectivity index (χ2v) is 21.7. The van der Waals surface area contributed by atoms with Crippen LogP contribution in [-0.4, -0.2) is 0 Å². The number of hydrogen-bond donors (Lipinski definition) is 0. The summed E-state index contributed by atoms with van der Waals surface area (Å²) in [5.41, 5.74) is 0.0968. The van der Waals surface area contributed by atoms with E-state index in [1.165, 1.54) is 9.79 Å². The fourth-order valence-corrected chi connectivity index (χ4v) is 34.8. The minimum atomic E-state index is 0.0484. The van der Waals surface area contributed by atoms with Crippen LogP contribution in [0, 0.1) is 0 Å². The van der Waals surface area contributed by atoms with Gasteiger partial charge in [0.05, 0.1) is 11.1 Å². The molecule has 0 aliphatic carbocycles. The van der Waals surface area contributed by atoms with Crippen LogP contribution in [0.5, 0.6) is 0 Å². The summed E-state index contributed by atoms with van der Waals surface area (Å²) in [7, 11) is 0. The van der Waals surface area contributed by atoms with Gasteiger partial charge >= 0.3 is 0 Å². The van der Waals surface area contributed by atoms with Crippen molar-refractivity contribution in [2.45, 2.75) is 9.79 Å². The minimum Gasteiger partial charge on any atom is -0.0754 e. The van der Waals surface area contributed by atoms with E-state index in [1.54, 1.807) is 0 Å². The van der Waals surface area contributed by atoms with E-state index in [9.17, 15) is 0 Å². The number of benzene rings is 2. The maximum absolute atomic E-state index is 2.21. The van der Waals surface area contributed by atoms with E-state index in [-0.39, 0.29) is 11.1 Å². The highest BCUT2D eigenvalue weighted by Crippen LogP contribution is 3.05. The minimum absolute atomic E-state index is 0.0484. The normalized spacial score (nSPS) is 22.4. The Morgan fingerprint density at radius 2 is 1.00 bits per heavy atom. The zero-order valence-electron chi connectivity index (χ0n) is 9.30. The number of hydrogen-bond acceptors (Lipinski definition) is 4. The molecule has 1 aliphatic rings. The Labute approximate surface area is 125 Å². The van der Waals surface area contributed by atoms with Gasteiger partial charge in [0.25, 0.3) is 0 Å². The molecule has 0 N–H and O–H groups in total. The fourth-order valence-electron chi connectivity index (χ4n) is 1.32. The Morgan fingerprint density at radius 3 is 1.39 bits per heavy atom. The SMILES string of the molecule is c1ccc(SP2SP(Sc3ccccc3)S2)cc1. The second-order valence-electron chi connectivity index (χ2n) is 3.42. The molecule has 6 heteroatoms. The quantitative estimate of drug-likeness (QED) is 0.526. The zero-order chi connectivity index (χ0) is 12.2. The third kappa shape index (κ3) is 3.85. The van der Waals surface area contributed by atoms with Crippen LogP contribution in [0.2, 0.25) is 0 Å². The lowest BCUT2D eigenvalue weighted by molar-refractivity contribution is 1.48. The molecule has 0 bridgehead atoms. The third-order valence-electron chi connectivity index (χ3n) is 2.11. The Bertz CT molecular complexity index is 442. The monoisotopic (exact) mass is 344 g/mol. The van der Waals surface area contributed by atoms with Gasteiger partial charge in [-0.25, -0.2) is 0 Å². The molecule has 2 aromatic carbocycles. The van der Waals surface area contributed by atoms with Crippen molar-refractivity contribution in [3.05, 3.63) is 60.7 Å². The molecule has 0 atom stereocenters. The summed E-state index contributed by atoms with van der Waals surface area (Å²) in [4.78, 5) is 2.81. The van der Waals surface area contributed by atoms with Gasteiger partial charge in [0, 0.05) is 9.79 Å².